The smallest absolute Gasteiger partial charge is 0.413 e. The van der Waals surface area contributed by atoms with Gasteiger partial charge in [0.15, 0.2) is 5.82 Å². The van der Waals surface area contributed by atoms with Gasteiger partial charge in [0, 0.05) is 39.0 Å². The average Bonchev–Trinajstić information content (AvgIpc) is 2.85. The van der Waals surface area contributed by atoms with E-state index < -0.39 is 30.5 Å². The van der Waals surface area contributed by atoms with Crippen LogP contribution in [0.4, 0.5) is 36.0 Å². The van der Waals surface area contributed by atoms with E-state index in [0.717, 1.165) is 30.8 Å². The Morgan fingerprint density at radius 2 is 2.00 bits per heavy atom. The highest BCUT2D eigenvalue weighted by Crippen LogP contribution is 2.33. The third-order valence-electron chi connectivity index (χ3n) is 5.91. The molecular formula is C21H27F2N9O3. The van der Waals surface area contributed by atoms with Crippen LogP contribution in [0, 0.1) is 0 Å². The van der Waals surface area contributed by atoms with E-state index in [2.05, 4.69) is 36.1 Å². The number of amides is 3. The summed E-state index contributed by atoms with van der Waals surface area (Å²) in [6.07, 6.45) is 3.00. The molecule has 14 heteroatoms. The Hall–Kier alpha value is -3.68. The number of hydrogen-bond donors (Lipinski definition) is 3. The number of ether oxygens (including phenoxy) is 1. The largest absolute Gasteiger partial charge is 0.446 e. The molecule has 0 unspecified atom stereocenters. The van der Waals surface area contributed by atoms with Gasteiger partial charge in [0.25, 0.3) is 5.92 Å². The fourth-order valence-corrected chi connectivity index (χ4v) is 3.95. The average molecular weight is 492 g/mol. The molecular weight excluding hydrogens is 464 g/mol. The molecule has 3 amide bonds. The first-order valence-electron chi connectivity index (χ1n) is 11.3. The Labute approximate surface area is 200 Å². The van der Waals surface area contributed by atoms with Gasteiger partial charge in [-0.3, -0.25) is 10.6 Å². The number of carbonyl (C=O) groups excluding carboxylic acids is 2. The molecule has 0 spiro atoms. The zero-order valence-corrected chi connectivity index (χ0v) is 19.2. The van der Waals surface area contributed by atoms with E-state index in [4.69, 9.17) is 4.74 Å². The van der Waals surface area contributed by atoms with Crippen LogP contribution in [0.3, 0.4) is 0 Å². The van der Waals surface area contributed by atoms with Gasteiger partial charge < -0.3 is 19.9 Å². The number of alkyl halides is 2. The van der Waals surface area contributed by atoms with Crippen molar-refractivity contribution in [3.63, 3.8) is 0 Å². The number of urea groups is 1. The van der Waals surface area contributed by atoms with E-state index >= 15 is 0 Å². The van der Waals surface area contributed by atoms with E-state index in [9.17, 15) is 18.4 Å². The van der Waals surface area contributed by atoms with E-state index in [1.165, 1.54) is 31.6 Å². The Morgan fingerprint density at radius 1 is 1.20 bits per heavy atom. The summed E-state index contributed by atoms with van der Waals surface area (Å²) >= 11 is 0. The van der Waals surface area contributed by atoms with Gasteiger partial charge >= 0.3 is 12.1 Å². The molecule has 2 aromatic rings. The normalized spacial score (nSPS) is 20.1. The van der Waals surface area contributed by atoms with Crippen molar-refractivity contribution in [1.82, 2.24) is 30.4 Å². The quantitative estimate of drug-likeness (QED) is 0.573. The fourth-order valence-electron chi connectivity index (χ4n) is 3.95. The zero-order valence-electron chi connectivity index (χ0n) is 19.2. The highest BCUT2D eigenvalue weighted by Gasteiger charge is 2.48. The molecule has 1 atom stereocenters. The number of likely N-dealkylation sites (N-methyl/N-ethyl adjacent to an activating group) is 1. The highest BCUT2D eigenvalue weighted by molar-refractivity contribution is 5.88. The molecule has 35 heavy (non-hydrogen) atoms. The molecule has 12 nitrogen and oxygen atoms in total. The Morgan fingerprint density at radius 3 is 2.74 bits per heavy atom. The topological polar surface area (TPSA) is 138 Å². The monoisotopic (exact) mass is 491 g/mol. The van der Waals surface area contributed by atoms with Gasteiger partial charge in [0.1, 0.15) is 18.0 Å². The van der Waals surface area contributed by atoms with Gasteiger partial charge in [-0.25, -0.2) is 23.4 Å². The van der Waals surface area contributed by atoms with Crippen LogP contribution in [0.15, 0.2) is 30.6 Å². The maximum Gasteiger partial charge on any atom is 0.413 e. The molecule has 0 saturated carbocycles. The first-order valence-corrected chi connectivity index (χ1v) is 11.3. The molecule has 4 heterocycles. The second-order valence-electron chi connectivity index (χ2n) is 8.34. The predicted octanol–water partition coefficient (Wildman–Crippen LogP) is 1.94. The number of halogens is 2. The first-order chi connectivity index (χ1) is 16.8. The lowest BCUT2D eigenvalue weighted by molar-refractivity contribution is -0.0760. The Bertz CT molecular complexity index is 1020. The predicted molar refractivity (Wildman–Crippen MR) is 122 cm³/mol. The van der Waals surface area contributed by atoms with Crippen LogP contribution < -0.4 is 20.9 Å². The molecule has 2 saturated heterocycles. The summed E-state index contributed by atoms with van der Waals surface area (Å²) < 4.78 is 35.0. The molecule has 0 aliphatic carbocycles. The molecule has 188 valence electrons. The van der Waals surface area contributed by atoms with Crippen molar-refractivity contribution in [2.24, 2.45) is 0 Å². The van der Waals surface area contributed by atoms with Crippen LogP contribution in [-0.4, -0.2) is 88.5 Å². The number of nitrogens with zero attached hydrogens (tertiary/aromatic N) is 6. The Balaban J connectivity index is 1.40. The van der Waals surface area contributed by atoms with Crippen LogP contribution in [0.1, 0.15) is 19.3 Å². The minimum atomic E-state index is -3.13. The third kappa shape index (κ3) is 6.26. The van der Waals surface area contributed by atoms with Crippen molar-refractivity contribution in [3.8, 4) is 0 Å². The van der Waals surface area contributed by atoms with Gasteiger partial charge in [-0.05, 0) is 44.1 Å². The Kier molecular flexibility index (Phi) is 7.48. The minimum Gasteiger partial charge on any atom is -0.446 e. The lowest BCUT2D eigenvalue weighted by atomic mass is 10.00. The molecule has 2 aliphatic rings. The minimum absolute atomic E-state index is 0.0217. The van der Waals surface area contributed by atoms with Crippen molar-refractivity contribution in [2.45, 2.75) is 37.3 Å². The highest BCUT2D eigenvalue weighted by atomic mass is 19.3. The molecule has 4 rings (SSSR count). The summed E-state index contributed by atoms with van der Waals surface area (Å²) in [4.78, 5) is 35.8. The molecule has 2 aliphatic heterocycles. The van der Waals surface area contributed by atoms with Gasteiger partial charge in [-0.1, -0.05) is 0 Å². The van der Waals surface area contributed by atoms with E-state index in [1.807, 2.05) is 0 Å². The van der Waals surface area contributed by atoms with Crippen molar-refractivity contribution < 1.29 is 23.1 Å². The maximum atomic E-state index is 14.8. The lowest BCUT2D eigenvalue weighted by Crippen LogP contribution is -2.60. The zero-order chi connectivity index (χ0) is 24.8. The van der Waals surface area contributed by atoms with Crippen LogP contribution in [0.2, 0.25) is 0 Å². The van der Waals surface area contributed by atoms with Crippen molar-refractivity contribution in [3.05, 3.63) is 30.6 Å². The number of anilines is 3. The number of nitrogens with one attached hydrogen (secondary N) is 3. The number of carbonyl (C=O) groups is 2. The summed E-state index contributed by atoms with van der Waals surface area (Å²) in [6, 6.07) is 2.38. The SMILES string of the molecule is CN(C(=O)Nc1cccnn1)[C@H]1CN(c2nccc(NC(=O)OC3CCNCC3)n2)CCC1(F)F. The van der Waals surface area contributed by atoms with E-state index in [-0.39, 0.29) is 36.8 Å². The third-order valence-corrected chi connectivity index (χ3v) is 5.91. The molecule has 0 bridgehead atoms. The molecule has 3 N–H and O–H groups in total. The summed E-state index contributed by atoms with van der Waals surface area (Å²) in [6.45, 7) is 1.33. The summed E-state index contributed by atoms with van der Waals surface area (Å²) in [5.41, 5.74) is 0. The van der Waals surface area contributed by atoms with Crippen molar-refractivity contribution in [2.75, 3.05) is 48.8 Å². The standard InChI is InChI=1S/C21H27F2N9O3/c1-31(19(33)28-17-3-2-8-26-30-17)15-13-32(12-7-21(15,22)23)18-25-11-6-16(27-18)29-20(34)35-14-4-9-24-10-5-14/h2-3,6,8,11,14-15,24H,4-5,7,9-10,12-13H2,1H3,(H,28,30,33)(H,25,27,29,34)/t15-/m0/s1. The summed E-state index contributed by atoms with van der Waals surface area (Å²) in [7, 11) is 1.30. The number of hydrogen-bond acceptors (Lipinski definition) is 9. The van der Waals surface area contributed by atoms with Crippen LogP contribution in [0.25, 0.3) is 0 Å². The van der Waals surface area contributed by atoms with Gasteiger partial charge in [0.2, 0.25) is 5.95 Å². The van der Waals surface area contributed by atoms with Crippen molar-refractivity contribution in [1.29, 1.82) is 0 Å². The van der Waals surface area contributed by atoms with Gasteiger partial charge in [-0.15, -0.1) is 5.10 Å². The summed E-state index contributed by atoms with van der Waals surface area (Å²) in [5, 5.41) is 15.6. The first kappa shape index (κ1) is 24.4. The molecule has 0 aromatic carbocycles. The summed E-state index contributed by atoms with van der Waals surface area (Å²) in [5.74, 6) is -2.62. The molecule has 2 fully saturated rings. The van der Waals surface area contributed by atoms with E-state index in [1.54, 1.807) is 11.0 Å². The van der Waals surface area contributed by atoms with E-state index in [0.29, 0.717) is 0 Å². The molecule has 2 aromatic heterocycles. The van der Waals surface area contributed by atoms with Gasteiger partial charge in [0.05, 0.1) is 0 Å². The maximum absolute atomic E-state index is 14.8. The fraction of sp³-hybridized carbons (Fsp3) is 0.524. The van der Waals surface area contributed by atoms with Crippen molar-refractivity contribution >= 4 is 29.7 Å². The number of rotatable bonds is 5. The number of aromatic nitrogens is 4. The second-order valence-corrected chi connectivity index (χ2v) is 8.34. The van der Waals surface area contributed by atoms with Crippen LogP contribution in [-0.2, 0) is 4.74 Å². The molecule has 0 radical (unpaired) electrons. The van der Waals surface area contributed by atoms with Crippen LogP contribution in [0.5, 0.6) is 0 Å². The van der Waals surface area contributed by atoms with Crippen LogP contribution >= 0.6 is 0 Å². The second kappa shape index (κ2) is 10.7. The van der Waals surface area contributed by atoms with Gasteiger partial charge in [-0.2, -0.15) is 10.1 Å². The lowest BCUT2D eigenvalue weighted by Gasteiger charge is -2.42. The number of piperidine rings is 2.